The number of nitrogens with zero attached hydrogens (tertiary/aromatic N) is 1. The highest BCUT2D eigenvalue weighted by Crippen LogP contribution is 2.36. The minimum atomic E-state index is -0.158. The van der Waals surface area contributed by atoms with Crippen LogP contribution in [0.1, 0.15) is 43.6 Å². The third kappa shape index (κ3) is 2.57. The van der Waals surface area contributed by atoms with Gasteiger partial charge in [0.1, 0.15) is 5.82 Å². The molecule has 0 bridgehead atoms. The Labute approximate surface area is 98.2 Å². The van der Waals surface area contributed by atoms with Crippen LogP contribution in [0.5, 0.6) is 0 Å². The van der Waals surface area contributed by atoms with E-state index in [0.29, 0.717) is 10.7 Å². The number of alkyl halides is 1. The highest BCUT2D eigenvalue weighted by molar-refractivity contribution is 9.09. The van der Waals surface area contributed by atoms with Crippen LogP contribution in [0.3, 0.4) is 0 Å². The first-order chi connectivity index (χ1) is 7.29. The first kappa shape index (κ1) is 11.1. The Kier molecular flexibility index (Phi) is 3.73. The van der Waals surface area contributed by atoms with E-state index in [-0.39, 0.29) is 5.82 Å². The van der Waals surface area contributed by atoms with Crippen molar-refractivity contribution in [2.24, 2.45) is 0 Å². The molecule has 2 atom stereocenters. The van der Waals surface area contributed by atoms with Crippen molar-refractivity contribution in [2.75, 3.05) is 0 Å². The molecule has 1 heterocycles. The van der Waals surface area contributed by atoms with Gasteiger partial charge in [0, 0.05) is 11.0 Å². The summed E-state index contributed by atoms with van der Waals surface area (Å²) < 4.78 is 13.6. The first-order valence-electron chi connectivity index (χ1n) is 5.52. The monoisotopic (exact) mass is 271 g/mol. The molecule has 0 aromatic carbocycles. The second-order valence-corrected chi connectivity index (χ2v) is 5.33. The van der Waals surface area contributed by atoms with Crippen molar-refractivity contribution in [1.29, 1.82) is 0 Å². The summed E-state index contributed by atoms with van der Waals surface area (Å²) in [6.45, 7) is 0. The first-order valence-corrected chi connectivity index (χ1v) is 6.44. The van der Waals surface area contributed by atoms with Crippen LogP contribution < -0.4 is 0 Å². The number of aromatic nitrogens is 1. The number of pyridine rings is 1. The minimum absolute atomic E-state index is 0.158. The lowest BCUT2D eigenvalue weighted by Crippen LogP contribution is -2.12. The van der Waals surface area contributed by atoms with Gasteiger partial charge in [-0.25, -0.2) is 4.39 Å². The van der Waals surface area contributed by atoms with Crippen LogP contribution in [0.25, 0.3) is 0 Å². The van der Waals surface area contributed by atoms with E-state index in [1.807, 2.05) is 6.07 Å². The van der Waals surface area contributed by atoms with Crippen molar-refractivity contribution in [2.45, 2.75) is 42.8 Å². The Hall–Kier alpha value is -0.440. The largest absolute Gasteiger partial charge is 0.262 e. The molecule has 1 aliphatic carbocycles. The molecule has 0 amide bonds. The third-order valence-corrected chi connectivity index (χ3v) is 4.23. The molecule has 3 heteroatoms. The molecule has 1 fully saturated rings. The summed E-state index contributed by atoms with van der Waals surface area (Å²) in [5.41, 5.74) is 0.828. The van der Waals surface area contributed by atoms with Crippen molar-refractivity contribution >= 4 is 15.9 Å². The lowest BCUT2D eigenvalue weighted by atomic mass is 9.92. The van der Waals surface area contributed by atoms with Crippen LogP contribution in [0, 0.1) is 5.82 Å². The Balaban J connectivity index is 2.24. The van der Waals surface area contributed by atoms with Crippen molar-refractivity contribution in [1.82, 2.24) is 4.98 Å². The molecule has 2 unspecified atom stereocenters. The normalized spacial score (nSPS) is 27.3. The van der Waals surface area contributed by atoms with Gasteiger partial charge in [-0.3, -0.25) is 4.98 Å². The van der Waals surface area contributed by atoms with E-state index < -0.39 is 0 Å². The standard InChI is InChI=1S/C12H15BrFN/c13-11-5-3-1-2-4-9(11)10-6-7-15-8-12(10)14/h6-9,11H,1-5H2. The van der Waals surface area contributed by atoms with E-state index >= 15 is 0 Å². The quantitative estimate of drug-likeness (QED) is 0.555. The SMILES string of the molecule is Fc1cnccc1C1CCCCCC1Br. The number of hydrogen-bond donors (Lipinski definition) is 0. The fourth-order valence-corrected chi connectivity index (χ4v) is 3.17. The van der Waals surface area contributed by atoms with Gasteiger partial charge >= 0.3 is 0 Å². The highest BCUT2D eigenvalue weighted by Gasteiger charge is 2.24. The lowest BCUT2D eigenvalue weighted by Gasteiger charge is -2.20. The maximum absolute atomic E-state index is 13.6. The summed E-state index contributed by atoms with van der Waals surface area (Å²) in [6, 6.07) is 1.82. The minimum Gasteiger partial charge on any atom is -0.262 e. The second kappa shape index (κ2) is 5.06. The van der Waals surface area contributed by atoms with Crippen LogP contribution in [0.2, 0.25) is 0 Å². The smallest absolute Gasteiger partial charge is 0.144 e. The Bertz CT molecular complexity index is 329. The van der Waals surface area contributed by atoms with Gasteiger partial charge in [0.05, 0.1) is 6.20 Å². The number of hydrogen-bond acceptors (Lipinski definition) is 1. The van der Waals surface area contributed by atoms with E-state index in [2.05, 4.69) is 20.9 Å². The molecule has 1 aliphatic rings. The van der Waals surface area contributed by atoms with Crippen LogP contribution in [-0.4, -0.2) is 9.81 Å². The Morgan fingerprint density at radius 1 is 1.27 bits per heavy atom. The second-order valence-electron chi connectivity index (χ2n) is 4.16. The Morgan fingerprint density at radius 2 is 2.07 bits per heavy atom. The zero-order valence-electron chi connectivity index (χ0n) is 8.63. The molecule has 1 aromatic heterocycles. The summed E-state index contributed by atoms with van der Waals surface area (Å²) in [6.07, 6.45) is 8.95. The average Bonchev–Trinajstić information content (AvgIpc) is 2.44. The third-order valence-electron chi connectivity index (χ3n) is 3.13. The number of halogens is 2. The van der Waals surface area contributed by atoms with Crippen LogP contribution >= 0.6 is 15.9 Å². The zero-order valence-corrected chi connectivity index (χ0v) is 10.2. The predicted molar refractivity (Wildman–Crippen MR) is 62.7 cm³/mol. The number of rotatable bonds is 1. The fourth-order valence-electron chi connectivity index (χ4n) is 2.30. The van der Waals surface area contributed by atoms with E-state index in [4.69, 9.17) is 0 Å². The zero-order chi connectivity index (χ0) is 10.7. The van der Waals surface area contributed by atoms with Crippen LogP contribution in [0.15, 0.2) is 18.5 Å². The van der Waals surface area contributed by atoms with Gasteiger partial charge in [-0.1, -0.05) is 35.2 Å². The summed E-state index contributed by atoms with van der Waals surface area (Å²) in [4.78, 5) is 4.21. The van der Waals surface area contributed by atoms with E-state index in [9.17, 15) is 4.39 Å². The molecule has 15 heavy (non-hydrogen) atoms. The van der Waals surface area contributed by atoms with Crippen molar-refractivity contribution < 1.29 is 4.39 Å². The predicted octanol–water partition coefficient (Wildman–Crippen LogP) is 4.03. The highest BCUT2D eigenvalue weighted by atomic mass is 79.9. The van der Waals surface area contributed by atoms with Gasteiger partial charge in [-0.15, -0.1) is 0 Å². The molecule has 2 rings (SSSR count). The maximum atomic E-state index is 13.6. The average molecular weight is 272 g/mol. The summed E-state index contributed by atoms with van der Waals surface area (Å²) in [5.74, 6) is 0.157. The molecule has 1 aromatic rings. The lowest BCUT2D eigenvalue weighted by molar-refractivity contribution is 0.544. The summed E-state index contributed by atoms with van der Waals surface area (Å²) in [7, 11) is 0. The molecule has 0 N–H and O–H groups in total. The molecular weight excluding hydrogens is 257 g/mol. The van der Waals surface area contributed by atoms with Gasteiger partial charge in [0.15, 0.2) is 0 Å². The molecule has 82 valence electrons. The summed E-state index contributed by atoms with van der Waals surface area (Å²) >= 11 is 3.69. The van der Waals surface area contributed by atoms with Gasteiger partial charge in [-0.05, 0) is 30.4 Å². The van der Waals surface area contributed by atoms with Gasteiger partial charge in [0.2, 0.25) is 0 Å². The van der Waals surface area contributed by atoms with Crippen molar-refractivity contribution in [3.8, 4) is 0 Å². The van der Waals surface area contributed by atoms with Gasteiger partial charge in [-0.2, -0.15) is 0 Å². The molecule has 0 saturated heterocycles. The van der Waals surface area contributed by atoms with Crippen molar-refractivity contribution in [3.63, 3.8) is 0 Å². The molecule has 0 aliphatic heterocycles. The topological polar surface area (TPSA) is 12.9 Å². The molecule has 1 nitrogen and oxygen atoms in total. The van der Waals surface area contributed by atoms with E-state index in [1.165, 1.54) is 25.5 Å². The van der Waals surface area contributed by atoms with Crippen molar-refractivity contribution in [3.05, 3.63) is 29.8 Å². The molecule has 0 radical (unpaired) electrons. The summed E-state index contributed by atoms with van der Waals surface area (Å²) in [5, 5.41) is 0. The van der Waals surface area contributed by atoms with E-state index in [1.54, 1.807) is 6.20 Å². The fraction of sp³-hybridized carbons (Fsp3) is 0.583. The van der Waals surface area contributed by atoms with E-state index in [0.717, 1.165) is 18.4 Å². The van der Waals surface area contributed by atoms with Crippen LogP contribution in [0.4, 0.5) is 4.39 Å². The maximum Gasteiger partial charge on any atom is 0.144 e. The van der Waals surface area contributed by atoms with Crippen LogP contribution in [-0.2, 0) is 0 Å². The molecule has 1 saturated carbocycles. The van der Waals surface area contributed by atoms with Gasteiger partial charge in [0.25, 0.3) is 0 Å². The molecular formula is C12H15BrFN. The Morgan fingerprint density at radius 3 is 2.87 bits per heavy atom. The van der Waals surface area contributed by atoms with Gasteiger partial charge < -0.3 is 0 Å². The molecule has 0 spiro atoms.